The van der Waals surface area contributed by atoms with Gasteiger partial charge in [0.05, 0.1) is 0 Å². The lowest BCUT2D eigenvalue weighted by Gasteiger charge is -2.15. The van der Waals surface area contributed by atoms with E-state index in [1.165, 1.54) is 11.1 Å². The van der Waals surface area contributed by atoms with E-state index in [1.807, 2.05) is 6.07 Å². The Hall–Kier alpha value is -2.10. The van der Waals surface area contributed by atoms with Gasteiger partial charge in [0.15, 0.2) is 0 Å². The van der Waals surface area contributed by atoms with Crippen LogP contribution in [0.5, 0.6) is 0 Å². The van der Waals surface area contributed by atoms with Crippen LogP contribution in [0.1, 0.15) is 37.4 Å². The van der Waals surface area contributed by atoms with E-state index in [9.17, 15) is 0 Å². The summed E-state index contributed by atoms with van der Waals surface area (Å²) in [7, 11) is 0. The first-order valence-electron chi connectivity index (χ1n) is 7.08. The Balaban J connectivity index is 2.03. The molecule has 1 unspecified atom stereocenters. The maximum atomic E-state index is 4.27. The largest absolute Gasteiger partial charge is 0.370 e. The molecule has 0 fully saturated rings. The summed E-state index contributed by atoms with van der Waals surface area (Å²) in [6.07, 6.45) is 2.66. The highest BCUT2D eigenvalue weighted by Crippen LogP contribution is 2.19. The third kappa shape index (κ3) is 3.95. The van der Waals surface area contributed by atoms with Crippen LogP contribution in [0.3, 0.4) is 0 Å². The molecule has 0 aliphatic heterocycles. The Bertz CT molecular complexity index is 536. The molecule has 20 heavy (non-hydrogen) atoms. The van der Waals surface area contributed by atoms with Crippen LogP contribution in [0.15, 0.2) is 36.7 Å². The molecular formula is C16H22N4. The molecule has 0 saturated carbocycles. The molecule has 0 radical (unpaired) electrons. The van der Waals surface area contributed by atoms with Crippen molar-refractivity contribution in [1.29, 1.82) is 0 Å². The Morgan fingerprint density at radius 1 is 1.10 bits per heavy atom. The highest BCUT2D eigenvalue weighted by molar-refractivity contribution is 5.47. The van der Waals surface area contributed by atoms with Crippen LogP contribution in [-0.2, 0) is 0 Å². The fourth-order valence-electron chi connectivity index (χ4n) is 1.95. The summed E-state index contributed by atoms with van der Waals surface area (Å²) in [6.45, 7) is 7.28. The lowest BCUT2D eigenvalue weighted by molar-refractivity contribution is 0.870. The minimum absolute atomic E-state index is 0.213. The van der Waals surface area contributed by atoms with Gasteiger partial charge in [-0.1, -0.05) is 36.8 Å². The number of nitrogens with one attached hydrogen (secondary N) is 2. The average molecular weight is 270 g/mol. The number of aromatic nitrogens is 2. The normalized spacial score (nSPS) is 11.9. The zero-order chi connectivity index (χ0) is 14.4. The summed E-state index contributed by atoms with van der Waals surface area (Å²) in [6, 6.07) is 10.7. The van der Waals surface area contributed by atoms with Crippen LogP contribution in [0, 0.1) is 6.92 Å². The number of benzene rings is 1. The van der Waals surface area contributed by atoms with Gasteiger partial charge in [0.25, 0.3) is 0 Å². The maximum Gasteiger partial charge on any atom is 0.131 e. The van der Waals surface area contributed by atoms with Crippen LogP contribution in [0.25, 0.3) is 0 Å². The first kappa shape index (κ1) is 14.3. The maximum absolute atomic E-state index is 4.27. The molecule has 2 aromatic rings. The number of hydrogen-bond donors (Lipinski definition) is 2. The second kappa shape index (κ2) is 6.89. The molecule has 0 bridgehead atoms. The minimum atomic E-state index is 0.213. The van der Waals surface area contributed by atoms with Gasteiger partial charge in [-0.15, -0.1) is 0 Å². The summed E-state index contributed by atoms with van der Waals surface area (Å²) in [4.78, 5) is 8.47. The van der Waals surface area contributed by atoms with Gasteiger partial charge in [-0.3, -0.25) is 0 Å². The SMILES string of the molecule is CCCNc1cc(NC(C)c2ccc(C)cc2)ncn1. The van der Waals surface area contributed by atoms with E-state index < -0.39 is 0 Å². The van der Waals surface area contributed by atoms with Gasteiger partial charge >= 0.3 is 0 Å². The van der Waals surface area contributed by atoms with E-state index >= 15 is 0 Å². The topological polar surface area (TPSA) is 49.8 Å². The van der Waals surface area contributed by atoms with E-state index in [2.05, 4.69) is 65.6 Å². The average Bonchev–Trinajstić information content (AvgIpc) is 2.46. The van der Waals surface area contributed by atoms with E-state index in [-0.39, 0.29) is 6.04 Å². The van der Waals surface area contributed by atoms with Gasteiger partial charge in [0.2, 0.25) is 0 Å². The van der Waals surface area contributed by atoms with Crippen molar-refractivity contribution < 1.29 is 0 Å². The van der Waals surface area contributed by atoms with E-state index in [4.69, 9.17) is 0 Å². The number of hydrogen-bond acceptors (Lipinski definition) is 4. The fourth-order valence-corrected chi connectivity index (χ4v) is 1.95. The molecule has 2 N–H and O–H groups in total. The van der Waals surface area contributed by atoms with Crippen molar-refractivity contribution in [1.82, 2.24) is 9.97 Å². The number of rotatable bonds is 6. The molecule has 4 heteroatoms. The van der Waals surface area contributed by atoms with Gasteiger partial charge in [0, 0.05) is 18.7 Å². The van der Waals surface area contributed by atoms with Crippen LogP contribution in [0.4, 0.5) is 11.6 Å². The molecule has 0 spiro atoms. The summed E-state index contributed by atoms with van der Waals surface area (Å²) in [5.74, 6) is 1.70. The predicted octanol–water partition coefficient (Wildman–Crippen LogP) is 3.78. The number of aryl methyl sites for hydroxylation is 1. The van der Waals surface area contributed by atoms with Crippen molar-refractivity contribution in [3.63, 3.8) is 0 Å². The predicted molar refractivity (Wildman–Crippen MR) is 84.0 cm³/mol. The second-order valence-corrected chi connectivity index (χ2v) is 4.99. The van der Waals surface area contributed by atoms with Crippen molar-refractivity contribution in [2.75, 3.05) is 17.2 Å². The highest BCUT2D eigenvalue weighted by Gasteiger charge is 2.06. The summed E-state index contributed by atoms with van der Waals surface area (Å²) < 4.78 is 0. The molecule has 0 saturated heterocycles. The third-order valence-corrected chi connectivity index (χ3v) is 3.16. The molecule has 0 aliphatic carbocycles. The Labute approximate surface area is 120 Å². The Morgan fingerprint density at radius 3 is 2.50 bits per heavy atom. The van der Waals surface area contributed by atoms with Crippen LogP contribution in [-0.4, -0.2) is 16.5 Å². The number of nitrogens with zero attached hydrogens (tertiary/aromatic N) is 2. The van der Waals surface area contributed by atoms with E-state index in [0.29, 0.717) is 0 Å². The van der Waals surface area contributed by atoms with Crippen molar-refractivity contribution in [2.45, 2.75) is 33.2 Å². The van der Waals surface area contributed by atoms with Crippen LogP contribution < -0.4 is 10.6 Å². The molecule has 106 valence electrons. The van der Waals surface area contributed by atoms with Gasteiger partial charge in [-0.05, 0) is 25.8 Å². The van der Waals surface area contributed by atoms with E-state index in [0.717, 1.165) is 24.6 Å². The first-order chi connectivity index (χ1) is 9.69. The summed E-state index contributed by atoms with van der Waals surface area (Å²) in [5.41, 5.74) is 2.52. The number of anilines is 2. The third-order valence-electron chi connectivity index (χ3n) is 3.16. The monoisotopic (exact) mass is 270 g/mol. The van der Waals surface area contributed by atoms with Crippen LogP contribution in [0.2, 0.25) is 0 Å². The van der Waals surface area contributed by atoms with E-state index in [1.54, 1.807) is 6.33 Å². The molecule has 4 nitrogen and oxygen atoms in total. The quantitative estimate of drug-likeness (QED) is 0.838. The van der Waals surface area contributed by atoms with Gasteiger partial charge < -0.3 is 10.6 Å². The Kier molecular flexibility index (Phi) is 4.93. The standard InChI is InChI=1S/C16H22N4/c1-4-9-17-15-10-16(19-11-18-15)20-13(3)14-7-5-12(2)6-8-14/h5-8,10-11,13H,4,9H2,1-3H3,(H2,17,18,19,20). The first-order valence-corrected chi connectivity index (χ1v) is 7.08. The van der Waals surface area contributed by atoms with Crippen LogP contribution >= 0.6 is 0 Å². The van der Waals surface area contributed by atoms with Crippen molar-refractivity contribution in [2.24, 2.45) is 0 Å². The Morgan fingerprint density at radius 2 is 1.80 bits per heavy atom. The van der Waals surface area contributed by atoms with Crippen molar-refractivity contribution in [3.05, 3.63) is 47.8 Å². The molecule has 1 aromatic heterocycles. The molecule has 0 aliphatic rings. The van der Waals surface area contributed by atoms with Crippen molar-refractivity contribution >= 4 is 11.6 Å². The zero-order valence-electron chi connectivity index (χ0n) is 12.4. The smallest absolute Gasteiger partial charge is 0.131 e. The van der Waals surface area contributed by atoms with Crippen molar-refractivity contribution in [3.8, 4) is 0 Å². The fraction of sp³-hybridized carbons (Fsp3) is 0.375. The lowest BCUT2D eigenvalue weighted by Crippen LogP contribution is -2.09. The van der Waals surface area contributed by atoms with Gasteiger partial charge in [-0.25, -0.2) is 9.97 Å². The molecule has 1 heterocycles. The summed E-state index contributed by atoms with van der Waals surface area (Å²) in [5, 5.41) is 6.67. The van der Waals surface area contributed by atoms with Gasteiger partial charge in [-0.2, -0.15) is 0 Å². The second-order valence-electron chi connectivity index (χ2n) is 4.99. The highest BCUT2D eigenvalue weighted by atomic mass is 15.1. The molecule has 1 aromatic carbocycles. The minimum Gasteiger partial charge on any atom is -0.370 e. The zero-order valence-corrected chi connectivity index (χ0v) is 12.4. The molecule has 2 rings (SSSR count). The van der Waals surface area contributed by atoms with Gasteiger partial charge in [0.1, 0.15) is 18.0 Å². The molecule has 0 amide bonds. The molecular weight excluding hydrogens is 248 g/mol. The summed E-state index contributed by atoms with van der Waals surface area (Å²) >= 11 is 0. The molecule has 1 atom stereocenters. The lowest BCUT2D eigenvalue weighted by atomic mass is 10.1.